The van der Waals surface area contributed by atoms with Crippen LogP contribution >= 0.6 is 0 Å². The third-order valence-electron chi connectivity index (χ3n) is 1.34. The van der Waals surface area contributed by atoms with Crippen molar-refractivity contribution >= 4 is 5.69 Å². The molecule has 0 spiro atoms. The van der Waals surface area contributed by atoms with E-state index in [1.807, 2.05) is 0 Å². The van der Waals surface area contributed by atoms with Crippen LogP contribution in [0.3, 0.4) is 0 Å². The first-order valence-corrected chi connectivity index (χ1v) is 4.18. The van der Waals surface area contributed by atoms with Crippen molar-refractivity contribution in [1.29, 1.82) is 0 Å². The van der Waals surface area contributed by atoms with E-state index >= 15 is 0 Å². The predicted molar refractivity (Wildman–Crippen MR) is 49.2 cm³/mol. The van der Waals surface area contributed by atoms with Crippen molar-refractivity contribution in [3.8, 4) is 5.75 Å². The molecule has 0 aromatic heterocycles. The van der Waals surface area contributed by atoms with Crippen LogP contribution in [0.15, 0.2) is 24.3 Å². The van der Waals surface area contributed by atoms with Gasteiger partial charge < -0.3 is 10.8 Å². The molecule has 0 unspecified atom stereocenters. The Bertz CT molecular complexity index is 313. The summed E-state index contributed by atoms with van der Waals surface area (Å²) in [4.78, 5) is 0. The lowest BCUT2D eigenvalue weighted by Gasteiger charge is -2.08. The summed E-state index contributed by atoms with van der Waals surface area (Å²) < 4.78 is 65.0. The van der Waals surface area contributed by atoms with Gasteiger partial charge in [-0.05, 0) is 12.1 Å². The number of benzene rings is 1. The molecule has 0 aliphatic carbocycles. The van der Waals surface area contributed by atoms with Gasteiger partial charge in [0.2, 0.25) is 0 Å². The highest BCUT2D eigenvalue weighted by atomic mass is 19.4. The molecule has 0 saturated heterocycles. The average molecular weight is 261 g/mol. The van der Waals surface area contributed by atoms with E-state index in [1.165, 1.54) is 0 Å². The quantitative estimate of drug-likeness (QED) is 0.426. The van der Waals surface area contributed by atoms with Crippen LogP contribution in [0.4, 0.5) is 32.0 Å². The summed E-state index contributed by atoms with van der Waals surface area (Å²) in [5.74, 6) is 0.146. The van der Waals surface area contributed by atoms with Gasteiger partial charge in [0.25, 0.3) is 0 Å². The highest BCUT2D eigenvalue weighted by Gasteiger charge is 2.43. The average Bonchev–Trinajstić information content (AvgIpc) is 2.04. The number of anilines is 1. The van der Waals surface area contributed by atoms with Gasteiger partial charge in [0, 0.05) is 0 Å². The monoisotopic (exact) mass is 261 g/mol. The molecule has 0 radical (unpaired) electrons. The first kappa shape index (κ1) is 15.4. The molecule has 1 aromatic carbocycles. The largest absolute Gasteiger partial charge is 0.506 e. The minimum Gasteiger partial charge on any atom is -0.506 e. The molecule has 8 heteroatoms. The Kier molecular flexibility index (Phi) is 5.11. The van der Waals surface area contributed by atoms with Crippen LogP contribution in [-0.2, 0) is 0 Å². The number of nitrogen functional groups attached to an aromatic ring is 1. The van der Waals surface area contributed by atoms with Crippen molar-refractivity contribution in [3.05, 3.63) is 24.3 Å². The van der Waals surface area contributed by atoms with Crippen molar-refractivity contribution in [2.24, 2.45) is 0 Å². The molecule has 0 saturated carbocycles. The molecule has 0 aliphatic heterocycles. The van der Waals surface area contributed by atoms with Gasteiger partial charge in [-0.15, -0.1) is 0 Å². The van der Waals surface area contributed by atoms with Gasteiger partial charge in [-0.25, -0.2) is 0 Å². The molecular weight excluding hydrogens is 252 g/mol. The zero-order chi connectivity index (χ0) is 13.7. The predicted octanol–water partition coefficient (Wildman–Crippen LogP) is 3.48. The molecule has 3 N–H and O–H groups in total. The second-order valence-electron chi connectivity index (χ2n) is 2.97. The summed E-state index contributed by atoms with van der Waals surface area (Å²) in [6, 6.07) is 6.70. The second-order valence-corrected chi connectivity index (χ2v) is 2.97. The highest BCUT2D eigenvalue weighted by molar-refractivity contribution is 5.50. The van der Waals surface area contributed by atoms with E-state index in [-0.39, 0.29) is 5.75 Å². The van der Waals surface area contributed by atoms with Crippen LogP contribution in [-0.4, -0.2) is 17.5 Å². The molecule has 2 nitrogen and oxygen atoms in total. The number of hydrogen-bond donors (Lipinski definition) is 2. The lowest BCUT2D eigenvalue weighted by atomic mass is 10.3. The Balaban J connectivity index is 0.000000302. The number of halogens is 6. The van der Waals surface area contributed by atoms with Crippen molar-refractivity contribution in [3.63, 3.8) is 0 Å². The smallest absolute Gasteiger partial charge is 0.397 e. The molecule has 0 amide bonds. The fourth-order valence-corrected chi connectivity index (χ4v) is 0.715. The third kappa shape index (κ3) is 9.34. The highest BCUT2D eigenvalue weighted by Crippen LogP contribution is 2.31. The van der Waals surface area contributed by atoms with Gasteiger partial charge in [0.1, 0.15) is 12.2 Å². The molecule has 0 atom stereocenters. The van der Waals surface area contributed by atoms with Crippen molar-refractivity contribution in [1.82, 2.24) is 0 Å². The van der Waals surface area contributed by atoms with E-state index in [1.54, 1.807) is 24.3 Å². The first-order chi connectivity index (χ1) is 7.51. The van der Waals surface area contributed by atoms with Gasteiger partial charge in [0.05, 0.1) is 5.69 Å². The number of phenols is 1. The van der Waals surface area contributed by atoms with Gasteiger partial charge >= 0.3 is 12.4 Å². The van der Waals surface area contributed by atoms with Gasteiger partial charge in [-0.1, -0.05) is 12.1 Å². The number of phenolic OH excluding ortho intramolecular Hbond substituents is 1. The summed E-state index contributed by atoms with van der Waals surface area (Å²) in [6.07, 6.45) is -13.0. The minimum absolute atomic E-state index is 0.146. The van der Waals surface area contributed by atoms with E-state index in [9.17, 15) is 26.3 Å². The summed E-state index contributed by atoms with van der Waals surface area (Å²) in [6.45, 7) is 0. The number of nitrogens with two attached hydrogens (primary N) is 1. The lowest BCUT2D eigenvalue weighted by Crippen LogP contribution is -2.20. The zero-order valence-electron chi connectivity index (χ0n) is 8.31. The van der Waals surface area contributed by atoms with E-state index in [2.05, 4.69) is 0 Å². The van der Waals surface area contributed by atoms with Crippen molar-refractivity contribution in [2.45, 2.75) is 18.8 Å². The minimum atomic E-state index is -5.14. The maximum absolute atomic E-state index is 10.8. The maximum atomic E-state index is 10.8. The molecule has 1 aromatic rings. The summed E-state index contributed by atoms with van der Waals surface area (Å²) in [5, 5.41) is 8.79. The molecule has 0 fully saturated rings. The Morgan fingerprint density at radius 3 is 1.53 bits per heavy atom. The van der Waals surface area contributed by atoms with Crippen LogP contribution in [0.5, 0.6) is 5.75 Å². The number of rotatable bonds is 0. The lowest BCUT2D eigenvalue weighted by molar-refractivity contribution is -0.232. The maximum Gasteiger partial charge on any atom is 0.397 e. The molecule has 1 rings (SSSR count). The zero-order valence-corrected chi connectivity index (χ0v) is 8.31. The SMILES string of the molecule is FC(F)(F)CC(F)(F)F.Nc1ccccc1O. The fourth-order valence-electron chi connectivity index (χ4n) is 0.715. The van der Waals surface area contributed by atoms with Gasteiger partial charge in [0.15, 0.2) is 0 Å². The van der Waals surface area contributed by atoms with Gasteiger partial charge in [-0.3, -0.25) is 0 Å². The van der Waals surface area contributed by atoms with E-state index in [0.29, 0.717) is 5.69 Å². The molecule has 0 aliphatic rings. The number of aromatic hydroxyl groups is 1. The number of hydrogen-bond acceptors (Lipinski definition) is 2. The van der Waals surface area contributed by atoms with Gasteiger partial charge in [-0.2, -0.15) is 26.3 Å². The van der Waals surface area contributed by atoms with E-state index < -0.39 is 18.8 Å². The number of alkyl halides is 6. The van der Waals surface area contributed by atoms with Crippen LogP contribution < -0.4 is 5.73 Å². The standard InChI is InChI=1S/C6H7NO.C3H2F6/c7-5-3-1-2-4-6(5)8;4-2(5,6)1-3(7,8)9/h1-4,8H,7H2;1H2. The Morgan fingerprint density at radius 1 is 0.941 bits per heavy atom. The molecule has 17 heavy (non-hydrogen) atoms. The summed E-state index contributed by atoms with van der Waals surface area (Å²) >= 11 is 0. The van der Waals surface area contributed by atoms with Crippen LogP contribution in [0.1, 0.15) is 6.42 Å². The summed E-state index contributed by atoms with van der Waals surface area (Å²) in [7, 11) is 0. The number of para-hydroxylation sites is 2. The molecule has 0 heterocycles. The molecule has 0 bridgehead atoms. The fraction of sp³-hybridized carbons (Fsp3) is 0.333. The normalized spacial score (nSPS) is 11.6. The van der Waals surface area contributed by atoms with Crippen LogP contribution in [0.25, 0.3) is 0 Å². The van der Waals surface area contributed by atoms with E-state index in [4.69, 9.17) is 10.8 Å². The molecular formula is C9H9F6NO. The van der Waals surface area contributed by atoms with Crippen LogP contribution in [0.2, 0.25) is 0 Å². The summed E-state index contributed by atoms with van der Waals surface area (Å²) in [5.41, 5.74) is 5.69. The second kappa shape index (κ2) is 5.65. The van der Waals surface area contributed by atoms with E-state index in [0.717, 1.165) is 0 Å². The molecule has 98 valence electrons. The first-order valence-electron chi connectivity index (χ1n) is 4.18. The van der Waals surface area contributed by atoms with Crippen LogP contribution in [0, 0.1) is 0 Å². The van der Waals surface area contributed by atoms with Crippen molar-refractivity contribution < 1.29 is 31.4 Å². The Labute approximate surface area is 92.7 Å². The topological polar surface area (TPSA) is 46.2 Å². The third-order valence-corrected chi connectivity index (χ3v) is 1.34. The van der Waals surface area contributed by atoms with Crippen molar-refractivity contribution in [2.75, 3.05) is 5.73 Å². The Morgan fingerprint density at radius 2 is 1.35 bits per heavy atom. The Hall–Kier alpha value is -1.60.